The first kappa shape index (κ1) is 22.7. The number of nitrogens with zero attached hydrogens (tertiary/aromatic N) is 2. The predicted octanol–water partition coefficient (Wildman–Crippen LogP) is 5.54. The molecule has 0 saturated carbocycles. The molecule has 0 bridgehead atoms. The van der Waals surface area contributed by atoms with Gasteiger partial charge in [-0.15, -0.1) is 0 Å². The van der Waals surface area contributed by atoms with E-state index < -0.39 is 22.8 Å². The van der Waals surface area contributed by atoms with Gasteiger partial charge in [-0.3, -0.25) is 19.8 Å². The fourth-order valence-electron chi connectivity index (χ4n) is 3.31. The summed E-state index contributed by atoms with van der Waals surface area (Å²) in [5, 5.41) is 21.3. The van der Waals surface area contributed by atoms with Gasteiger partial charge in [0.05, 0.1) is 15.4 Å². The van der Waals surface area contributed by atoms with Crippen molar-refractivity contribution in [3.05, 3.63) is 92.0 Å². The fraction of sp³-hybridized carbons (Fsp3) is 0.0455. The van der Waals surface area contributed by atoms with Crippen molar-refractivity contribution in [1.82, 2.24) is 4.90 Å². The van der Waals surface area contributed by atoms with Gasteiger partial charge >= 0.3 is 5.97 Å². The number of nitro groups is 1. The molecule has 1 amide bonds. The van der Waals surface area contributed by atoms with Crippen LogP contribution in [0, 0.1) is 10.1 Å². The summed E-state index contributed by atoms with van der Waals surface area (Å²) in [6, 6.07) is 14.3. The van der Waals surface area contributed by atoms with E-state index >= 15 is 0 Å². The van der Waals surface area contributed by atoms with Gasteiger partial charge in [-0.2, -0.15) is 0 Å². The van der Waals surface area contributed by atoms with Crippen LogP contribution in [0.1, 0.15) is 17.4 Å². The number of furan rings is 1. The molecular formula is C22H13ClN2O6S2. The number of amides is 1. The van der Waals surface area contributed by atoms with Crippen LogP contribution in [0.5, 0.6) is 0 Å². The van der Waals surface area contributed by atoms with E-state index in [1.54, 1.807) is 36.4 Å². The van der Waals surface area contributed by atoms with Crippen molar-refractivity contribution in [1.29, 1.82) is 0 Å². The number of carbonyl (C=O) groups is 2. The molecule has 1 aromatic heterocycles. The standard InChI is InChI=1S/C22H13ClN2O6S2/c23-13-6-8-15(16(10-13)25(29)30)17-9-7-14(31-17)11-18-20(26)24(22(32)33-18)19(21(27)28)12-4-2-1-3-5-12/h1-11,19H,(H,27,28)/b18-11-. The molecule has 2 heterocycles. The molecule has 0 aliphatic carbocycles. The number of benzene rings is 2. The number of thioether (sulfide) groups is 1. The van der Waals surface area contributed by atoms with Crippen LogP contribution >= 0.6 is 35.6 Å². The zero-order chi connectivity index (χ0) is 23.7. The summed E-state index contributed by atoms with van der Waals surface area (Å²) in [7, 11) is 0. The fourth-order valence-corrected chi connectivity index (χ4v) is 4.77. The van der Waals surface area contributed by atoms with E-state index in [2.05, 4.69) is 0 Å². The molecule has 0 radical (unpaired) electrons. The van der Waals surface area contributed by atoms with E-state index in [0.29, 0.717) is 5.56 Å². The Morgan fingerprint density at radius 1 is 1.21 bits per heavy atom. The summed E-state index contributed by atoms with van der Waals surface area (Å²) in [5.74, 6) is -1.32. The van der Waals surface area contributed by atoms with Crippen molar-refractivity contribution < 1.29 is 24.0 Å². The molecule has 2 aromatic carbocycles. The van der Waals surface area contributed by atoms with E-state index in [9.17, 15) is 24.8 Å². The summed E-state index contributed by atoms with van der Waals surface area (Å²) in [6.07, 6.45) is 1.43. The predicted molar refractivity (Wildman–Crippen MR) is 128 cm³/mol. The van der Waals surface area contributed by atoms with Gasteiger partial charge in [0.15, 0.2) is 6.04 Å². The average Bonchev–Trinajstić information content (AvgIpc) is 3.34. The molecule has 1 saturated heterocycles. The molecule has 33 heavy (non-hydrogen) atoms. The smallest absolute Gasteiger partial charge is 0.331 e. The van der Waals surface area contributed by atoms with Gasteiger partial charge in [0.1, 0.15) is 15.8 Å². The minimum absolute atomic E-state index is 0.0996. The van der Waals surface area contributed by atoms with Crippen LogP contribution in [0.4, 0.5) is 5.69 Å². The van der Waals surface area contributed by atoms with Crippen molar-refractivity contribution >= 4 is 63.5 Å². The number of carboxylic acid groups (broad SMARTS) is 1. The Kier molecular flexibility index (Phi) is 6.32. The second kappa shape index (κ2) is 9.18. The number of thiocarbonyl (C=S) groups is 1. The third-order valence-corrected chi connectivity index (χ3v) is 6.32. The van der Waals surface area contributed by atoms with Gasteiger partial charge < -0.3 is 9.52 Å². The van der Waals surface area contributed by atoms with E-state index in [1.807, 2.05) is 0 Å². The normalized spacial score (nSPS) is 15.8. The summed E-state index contributed by atoms with van der Waals surface area (Å²) in [4.78, 5) is 37.0. The van der Waals surface area contributed by atoms with Crippen LogP contribution in [-0.4, -0.2) is 31.1 Å². The molecule has 1 aliphatic rings. The number of aliphatic carboxylic acids is 1. The monoisotopic (exact) mass is 500 g/mol. The highest BCUT2D eigenvalue weighted by atomic mass is 35.5. The van der Waals surface area contributed by atoms with Gasteiger partial charge in [-0.1, -0.05) is 65.9 Å². The third kappa shape index (κ3) is 4.54. The summed E-state index contributed by atoms with van der Waals surface area (Å²) < 4.78 is 5.81. The van der Waals surface area contributed by atoms with Gasteiger partial charge in [-0.05, 0) is 29.8 Å². The maximum absolute atomic E-state index is 13.0. The van der Waals surface area contributed by atoms with Crippen LogP contribution in [0.3, 0.4) is 0 Å². The van der Waals surface area contributed by atoms with E-state index in [0.717, 1.165) is 16.7 Å². The number of carbonyl (C=O) groups excluding carboxylic acids is 1. The summed E-state index contributed by atoms with van der Waals surface area (Å²) in [5.41, 5.74) is 0.423. The zero-order valence-corrected chi connectivity index (χ0v) is 18.9. The Morgan fingerprint density at radius 2 is 1.94 bits per heavy atom. The first-order chi connectivity index (χ1) is 15.8. The molecule has 11 heteroatoms. The van der Waals surface area contributed by atoms with Gasteiger partial charge in [-0.25, -0.2) is 4.79 Å². The summed E-state index contributed by atoms with van der Waals surface area (Å²) >= 11 is 12.1. The topological polar surface area (TPSA) is 114 Å². The van der Waals surface area contributed by atoms with Crippen LogP contribution in [-0.2, 0) is 9.59 Å². The van der Waals surface area contributed by atoms with Crippen molar-refractivity contribution in [2.24, 2.45) is 0 Å². The molecule has 8 nitrogen and oxygen atoms in total. The highest BCUT2D eigenvalue weighted by Gasteiger charge is 2.41. The zero-order valence-electron chi connectivity index (χ0n) is 16.5. The largest absolute Gasteiger partial charge is 0.479 e. The van der Waals surface area contributed by atoms with Gasteiger partial charge in [0.2, 0.25) is 0 Å². The number of hydrogen-bond acceptors (Lipinski definition) is 7. The lowest BCUT2D eigenvalue weighted by Crippen LogP contribution is -2.37. The molecule has 1 atom stereocenters. The van der Waals surface area contributed by atoms with Crippen LogP contribution in [0.15, 0.2) is 70.0 Å². The minimum Gasteiger partial charge on any atom is -0.479 e. The molecule has 1 aliphatic heterocycles. The Labute approximate surface area is 201 Å². The molecule has 3 aromatic rings. The lowest BCUT2D eigenvalue weighted by molar-refractivity contribution is -0.384. The quantitative estimate of drug-likeness (QED) is 0.203. The number of hydrogen-bond donors (Lipinski definition) is 1. The Balaban J connectivity index is 1.65. The van der Waals surface area contributed by atoms with E-state index in [1.165, 1.54) is 30.3 Å². The van der Waals surface area contributed by atoms with Crippen molar-refractivity contribution in [2.75, 3.05) is 0 Å². The highest BCUT2D eigenvalue weighted by molar-refractivity contribution is 8.26. The molecule has 1 N–H and O–H groups in total. The van der Waals surface area contributed by atoms with Crippen molar-refractivity contribution in [3.63, 3.8) is 0 Å². The number of rotatable bonds is 6. The van der Waals surface area contributed by atoms with Crippen molar-refractivity contribution in [3.8, 4) is 11.3 Å². The molecule has 1 fully saturated rings. The van der Waals surface area contributed by atoms with Gasteiger partial charge in [0.25, 0.3) is 11.6 Å². The van der Waals surface area contributed by atoms with Crippen LogP contribution in [0.2, 0.25) is 5.02 Å². The first-order valence-corrected chi connectivity index (χ1v) is 11.0. The second-order valence-corrected chi connectivity index (χ2v) is 8.94. The summed E-state index contributed by atoms with van der Waals surface area (Å²) in [6.45, 7) is 0. The molecule has 0 spiro atoms. The molecule has 166 valence electrons. The Bertz CT molecular complexity index is 1320. The second-order valence-electron chi connectivity index (χ2n) is 6.82. The minimum atomic E-state index is -1.27. The Morgan fingerprint density at radius 3 is 2.61 bits per heavy atom. The number of nitro benzene ring substituents is 1. The maximum Gasteiger partial charge on any atom is 0.331 e. The molecule has 1 unspecified atom stereocenters. The van der Waals surface area contributed by atoms with Crippen LogP contribution < -0.4 is 0 Å². The SMILES string of the molecule is O=C(O)C(c1ccccc1)N1C(=O)/C(=C/c2ccc(-c3ccc(Cl)cc3[N+](=O)[O-])o2)SC1=S. The van der Waals surface area contributed by atoms with E-state index in [-0.39, 0.29) is 37.0 Å². The highest BCUT2D eigenvalue weighted by Crippen LogP contribution is 2.39. The maximum atomic E-state index is 13.0. The number of carboxylic acids is 1. The first-order valence-electron chi connectivity index (χ1n) is 9.35. The van der Waals surface area contributed by atoms with Crippen molar-refractivity contribution in [2.45, 2.75) is 6.04 Å². The Hall–Kier alpha value is -3.47. The van der Waals surface area contributed by atoms with Gasteiger partial charge in [0, 0.05) is 17.2 Å². The van der Waals surface area contributed by atoms with Crippen LogP contribution in [0.25, 0.3) is 17.4 Å². The lowest BCUT2D eigenvalue weighted by atomic mass is 10.1. The number of halogens is 1. The third-order valence-electron chi connectivity index (χ3n) is 4.75. The van der Waals surface area contributed by atoms with E-state index in [4.69, 9.17) is 28.2 Å². The molecular weight excluding hydrogens is 488 g/mol. The average molecular weight is 501 g/mol. The molecule has 4 rings (SSSR count). The lowest BCUT2D eigenvalue weighted by Gasteiger charge is -2.23.